The molecule has 9 heteroatoms. The summed E-state index contributed by atoms with van der Waals surface area (Å²) in [7, 11) is 0. The molecule has 0 radical (unpaired) electrons. The lowest BCUT2D eigenvalue weighted by atomic mass is 10.1. The number of aromatic nitrogens is 1. The van der Waals surface area contributed by atoms with Crippen molar-refractivity contribution < 1.29 is 19.1 Å². The van der Waals surface area contributed by atoms with E-state index >= 15 is 0 Å². The van der Waals surface area contributed by atoms with Crippen molar-refractivity contribution >= 4 is 35.2 Å². The lowest BCUT2D eigenvalue weighted by molar-refractivity contribution is -0.149. The van der Waals surface area contributed by atoms with Gasteiger partial charge in [-0.15, -0.1) is 11.3 Å². The van der Waals surface area contributed by atoms with Gasteiger partial charge >= 0.3 is 5.97 Å². The number of aryl methyl sites for hydroxylation is 1. The van der Waals surface area contributed by atoms with Gasteiger partial charge in [0.05, 0.1) is 4.88 Å². The van der Waals surface area contributed by atoms with Crippen molar-refractivity contribution in [2.24, 2.45) is 5.92 Å². The van der Waals surface area contributed by atoms with Crippen LogP contribution in [0.4, 0.5) is 0 Å². The molecule has 1 fully saturated rings. The number of esters is 1. The van der Waals surface area contributed by atoms with Gasteiger partial charge in [0, 0.05) is 44.1 Å². The van der Waals surface area contributed by atoms with Gasteiger partial charge < -0.3 is 19.1 Å². The number of carbonyl (C=O) groups excluding carboxylic acids is 3. The Kier molecular flexibility index (Phi) is 8.88. The third-order valence-corrected chi connectivity index (χ3v) is 7.02. The Morgan fingerprint density at radius 1 is 1.17 bits per heavy atom. The molecule has 1 saturated heterocycles. The first-order chi connectivity index (χ1) is 16.7. The predicted octanol–water partition coefficient (Wildman–Crippen LogP) is 3.65. The number of piperazine rings is 1. The van der Waals surface area contributed by atoms with Crippen LogP contribution in [-0.2, 0) is 20.9 Å². The van der Waals surface area contributed by atoms with Gasteiger partial charge in [0.1, 0.15) is 11.6 Å². The maximum absolute atomic E-state index is 12.5. The number of amides is 2. The summed E-state index contributed by atoms with van der Waals surface area (Å²) in [6, 6.07) is 7.47. The van der Waals surface area contributed by atoms with Crippen molar-refractivity contribution in [1.82, 2.24) is 14.4 Å². The Bertz CT molecular complexity index is 1130. The normalized spacial score (nSPS) is 14.2. The van der Waals surface area contributed by atoms with Gasteiger partial charge in [-0.1, -0.05) is 19.9 Å². The molecule has 1 aliphatic rings. The molecule has 0 spiro atoms. The van der Waals surface area contributed by atoms with E-state index in [0.717, 1.165) is 29.9 Å². The molecule has 35 heavy (non-hydrogen) atoms. The summed E-state index contributed by atoms with van der Waals surface area (Å²) in [5.74, 6) is -0.627. The first kappa shape index (κ1) is 26.2. The van der Waals surface area contributed by atoms with E-state index < -0.39 is 12.6 Å². The Morgan fingerprint density at radius 3 is 2.46 bits per heavy atom. The SMILES string of the molecule is Cc1cc(/C=C(\C#N)C(=O)OCC(=O)N2CCN(C(=O)c3cccs3)CC2)c(C)n1CCC(C)C. The highest BCUT2D eigenvalue weighted by atomic mass is 32.1. The van der Waals surface area contributed by atoms with Gasteiger partial charge in [-0.25, -0.2) is 4.79 Å². The number of ether oxygens (including phenoxy) is 1. The topological polar surface area (TPSA) is 95.6 Å². The van der Waals surface area contributed by atoms with E-state index in [4.69, 9.17) is 4.74 Å². The first-order valence-electron chi connectivity index (χ1n) is 11.8. The molecule has 3 heterocycles. The monoisotopic (exact) mass is 496 g/mol. The van der Waals surface area contributed by atoms with Crippen LogP contribution in [0.3, 0.4) is 0 Å². The number of hydrogen-bond donors (Lipinski definition) is 0. The third kappa shape index (κ3) is 6.61. The first-order valence-corrected chi connectivity index (χ1v) is 12.7. The maximum Gasteiger partial charge on any atom is 0.349 e. The lowest BCUT2D eigenvalue weighted by Gasteiger charge is -2.34. The van der Waals surface area contributed by atoms with Crippen LogP contribution in [0.15, 0.2) is 29.2 Å². The van der Waals surface area contributed by atoms with E-state index in [1.807, 2.05) is 37.4 Å². The van der Waals surface area contributed by atoms with E-state index in [1.165, 1.54) is 17.4 Å². The number of hydrogen-bond acceptors (Lipinski definition) is 6. The molecule has 0 N–H and O–H groups in total. The molecule has 3 rings (SSSR count). The molecule has 0 bridgehead atoms. The van der Waals surface area contributed by atoms with Crippen LogP contribution in [0, 0.1) is 31.1 Å². The van der Waals surface area contributed by atoms with Crippen LogP contribution in [-0.4, -0.2) is 64.9 Å². The van der Waals surface area contributed by atoms with Gasteiger partial charge in [0.15, 0.2) is 6.61 Å². The van der Waals surface area contributed by atoms with E-state index in [0.29, 0.717) is 37.0 Å². The van der Waals surface area contributed by atoms with E-state index in [9.17, 15) is 19.6 Å². The number of rotatable bonds is 8. The van der Waals surface area contributed by atoms with Crippen LogP contribution in [0.5, 0.6) is 0 Å². The fourth-order valence-electron chi connectivity index (χ4n) is 4.01. The molecular formula is C26H32N4O4S. The molecule has 0 unspecified atom stereocenters. The zero-order chi connectivity index (χ0) is 25.5. The second kappa shape index (κ2) is 11.8. The maximum atomic E-state index is 12.5. The summed E-state index contributed by atoms with van der Waals surface area (Å²) < 4.78 is 7.34. The Morgan fingerprint density at radius 2 is 1.86 bits per heavy atom. The van der Waals surface area contributed by atoms with Gasteiger partial charge in [0.25, 0.3) is 11.8 Å². The highest BCUT2D eigenvalue weighted by Crippen LogP contribution is 2.20. The van der Waals surface area contributed by atoms with Crippen LogP contribution < -0.4 is 0 Å². The third-order valence-electron chi connectivity index (χ3n) is 6.16. The average molecular weight is 497 g/mol. The molecule has 186 valence electrons. The van der Waals surface area contributed by atoms with Gasteiger partial charge in [-0.05, 0) is 55.3 Å². The summed E-state index contributed by atoms with van der Waals surface area (Å²) in [6.45, 7) is 10.3. The molecular weight excluding hydrogens is 464 g/mol. The zero-order valence-corrected chi connectivity index (χ0v) is 21.6. The van der Waals surface area contributed by atoms with Gasteiger partial charge in [0.2, 0.25) is 0 Å². The summed E-state index contributed by atoms with van der Waals surface area (Å²) in [5, 5.41) is 11.4. The van der Waals surface area contributed by atoms with E-state index in [2.05, 4.69) is 18.4 Å². The second-order valence-electron chi connectivity index (χ2n) is 9.06. The fraction of sp³-hybridized carbons (Fsp3) is 0.462. The fourth-order valence-corrected chi connectivity index (χ4v) is 4.70. The molecule has 0 aromatic carbocycles. The van der Waals surface area contributed by atoms with Gasteiger partial charge in [-0.2, -0.15) is 5.26 Å². The molecule has 2 aromatic rings. The number of thiophene rings is 1. The van der Waals surface area contributed by atoms with Crippen molar-refractivity contribution in [3.8, 4) is 6.07 Å². The summed E-state index contributed by atoms with van der Waals surface area (Å²) in [6.07, 6.45) is 2.56. The molecule has 0 saturated carbocycles. The summed E-state index contributed by atoms with van der Waals surface area (Å²) >= 11 is 1.39. The molecule has 2 aromatic heterocycles. The summed E-state index contributed by atoms with van der Waals surface area (Å²) in [4.78, 5) is 41.5. The minimum atomic E-state index is -0.820. The summed E-state index contributed by atoms with van der Waals surface area (Å²) in [5.41, 5.74) is 2.69. The Labute approximate surface area is 210 Å². The number of carbonyl (C=O) groups is 3. The smallest absolute Gasteiger partial charge is 0.349 e. The lowest BCUT2D eigenvalue weighted by Crippen LogP contribution is -2.51. The van der Waals surface area contributed by atoms with Crippen LogP contribution in [0.25, 0.3) is 6.08 Å². The van der Waals surface area contributed by atoms with Crippen molar-refractivity contribution in [2.45, 2.75) is 40.7 Å². The molecule has 1 aliphatic heterocycles. The van der Waals surface area contributed by atoms with Crippen LogP contribution >= 0.6 is 11.3 Å². The van der Waals surface area contributed by atoms with Crippen LogP contribution in [0.1, 0.15) is 46.9 Å². The van der Waals surface area contributed by atoms with Gasteiger partial charge in [-0.3, -0.25) is 9.59 Å². The molecule has 8 nitrogen and oxygen atoms in total. The standard InChI is InChI=1S/C26H32N4O4S/c1-18(2)7-8-30-19(3)14-21(20(30)4)15-22(16-27)26(33)34-17-24(31)28-9-11-29(12-10-28)25(32)23-6-5-13-35-23/h5-6,13-15,18H,7-12,17H2,1-4H3/b22-15+. The largest absolute Gasteiger partial charge is 0.451 e. The van der Waals surface area contributed by atoms with Crippen LogP contribution in [0.2, 0.25) is 0 Å². The molecule has 0 aliphatic carbocycles. The van der Waals surface area contributed by atoms with Crippen molar-refractivity contribution in [3.63, 3.8) is 0 Å². The van der Waals surface area contributed by atoms with E-state index in [-0.39, 0.29) is 17.4 Å². The predicted molar refractivity (Wildman–Crippen MR) is 135 cm³/mol. The quantitative estimate of drug-likeness (QED) is 0.316. The highest BCUT2D eigenvalue weighted by Gasteiger charge is 2.26. The second-order valence-corrected chi connectivity index (χ2v) is 10.0. The van der Waals surface area contributed by atoms with Crippen molar-refractivity contribution in [1.29, 1.82) is 5.26 Å². The average Bonchev–Trinajstić information content (AvgIpc) is 3.47. The zero-order valence-electron chi connectivity index (χ0n) is 20.7. The minimum absolute atomic E-state index is 0.0362. The highest BCUT2D eigenvalue weighted by molar-refractivity contribution is 7.12. The molecule has 0 atom stereocenters. The minimum Gasteiger partial charge on any atom is -0.451 e. The van der Waals surface area contributed by atoms with E-state index in [1.54, 1.807) is 15.9 Å². The number of nitrogens with zero attached hydrogens (tertiary/aromatic N) is 4. The van der Waals surface area contributed by atoms with Crippen molar-refractivity contribution in [2.75, 3.05) is 32.8 Å². The van der Waals surface area contributed by atoms with Crippen molar-refractivity contribution in [3.05, 3.63) is 51.0 Å². The molecule has 2 amide bonds. The Hall–Kier alpha value is -3.38. The number of nitriles is 1. The Balaban J connectivity index is 1.54.